The van der Waals surface area contributed by atoms with Crippen molar-refractivity contribution in [2.24, 2.45) is 0 Å². The summed E-state index contributed by atoms with van der Waals surface area (Å²) in [7, 11) is -2.10. The first-order valence-corrected chi connectivity index (χ1v) is 13.0. The molecule has 3 heterocycles. The molecule has 0 atom stereocenters. The number of sulfonamides is 1. The van der Waals surface area contributed by atoms with Crippen LogP contribution in [0.1, 0.15) is 24.1 Å². The van der Waals surface area contributed by atoms with E-state index < -0.39 is 10.0 Å². The molecule has 3 aromatic rings. The predicted octanol–water partition coefficient (Wildman–Crippen LogP) is 4.28. The van der Waals surface area contributed by atoms with Gasteiger partial charge in [0, 0.05) is 37.6 Å². The summed E-state index contributed by atoms with van der Waals surface area (Å²) in [4.78, 5) is 11.9. The lowest BCUT2D eigenvalue weighted by Crippen LogP contribution is -2.37. The number of methoxy groups -OCH3 is 1. The second-order valence-electron chi connectivity index (χ2n) is 8.27. The molecule has 0 amide bonds. The van der Waals surface area contributed by atoms with Gasteiger partial charge in [-0.25, -0.2) is 13.4 Å². The van der Waals surface area contributed by atoms with E-state index in [0.717, 1.165) is 37.4 Å². The SMILES string of the molecule is COc1ccc(Oc2nc(N3CCCC3)nc3c2CN(S(=O)(=O)c2ccc(Cl)cc2)CC3)cc1. The molecule has 8 nitrogen and oxygen atoms in total. The summed E-state index contributed by atoms with van der Waals surface area (Å²) in [6.45, 7) is 2.26. The van der Waals surface area contributed by atoms with E-state index in [1.807, 2.05) is 12.1 Å². The third kappa shape index (κ3) is 4.55. The monoisotopic (exact) mass is 500 g/mol. The van der Waals surface area contributed by atoms with Gasteiger partial charge in [-0.2, -0.15) is 9.29 Å². The summed E-state index contributed by atoms with van der Waals surface area (Å²) in [6.07, 6.45) is 2.68. The van der Waals surface area contributed by atoms with Gasteiger partial charge in [-0.05, 0) is 61.4 Å². The van der Waals surface area contributed by atoms with Gasteiger partial charge in [0.2, 0.25) is 21.9 Å². The minimum Gasteiger partial charge on any atom is -0.497 e. The first-order chi connectivity index (χ1) is 16.4. The number of hydrogen-bond donors (Lipinski definition) is 0. The van der Waals surface area contributed by atoms with Crippen LogP contribution in [0.4, 0.5) is 5.95 Å². The van der Waals surface area contributed by atoms with Gasteiger partial charge in [0.1, 0.15) is 11.5 Å². The molecule has 0 N–H and O–H groups in total. The Bertz CT molecular complexity index is 1280. The quantitative estimate of drug-likeness (QED) is 0.499. The van der Waals surface area contributed by atoms with Crippen molar-refractivity contribution in [2.45, 2.75) is 30.7 Å². The highest BCUT2D eigenvalue weighted by atomic mass is 35.5. The zero-order valence-electron chi connectivity index (χ0n) is 18.8. The number of fused-ring (bicyclic) bond motifs is 1. The summed E-state index contributed by atoms with van der Waals surface area (Å²) in [5.74, 6) is 2.32. The number of ether oxygens (including phenoxy) is 2. The van der Waals surface area contributed by atoms with Crippen LogP contribution >= 0.6 is 11.6 Å². The van der Waals surface area contributed by atoms with E-state index in [-0.39, 0.29) is 11.4 Å². The highest BCUT2D eigenvalue weighted by molar-refractivity contribution is 7.89. The number of halogens is 1. The molecule has 34 heavy (non-hydrogen) atoms. The first kappa shape index (κ1) is 22.9. The Morgan fingerprint density at radius 2 is 1.59 bits per heavy atom. The van der Waals surface area contributed by atoms with Crippen LogP contribution in [-0.2, 0) is 23.0 Å². The molecule has 0 aliphatic carbocycles. The normalized spacial score (nSPS) is 16.4. The van der Waals surface area contributed by atoms with Crippen LogP contribution < -0.4 is 14.4 Å². The Morgan fingerprint density at radius 3 is 2.26 bits per heavy atom. The van der Waals surface area contributed by atoms with Gasteiger partial charge < -0.3 is 14.4 Å². The van der Waals surface area contributed by atoms with Crippen molar-refractivity contribution >= 4 is 27.6 Å². The Labute approximate surface area is 204 Å². The first-order valence-electron chi connectivity index (χ1n) is 11.2. The van der Waals surface area contributed by atoms with E-state index in [2.05, 4.69) is 4.90 Å². The fraction of sp³-hybridized carbons (Fsp3) is 0.333. The van der Waals surface area contributed by atoms with Crippen molar-refractivity contribution in [3.63, 3.8) is 0 Å². The summed E-state index contributed by atoms with van der Waals surface area (Å²) in [5.41, 5.74) is 1.51. The van der Waals surface area contributed by atoms with Crippen molar-refractivity contribution in [2.75, 3.05) is 31.6 Å². The molecule has 1 aromatic heterocycles. The van der Waals surface area contributed by atoms with E-state index in [1.165, 1.54) is 16.4 Å². The van der Waals surface area contributed by atoms with Crippen LogP contribution in [0, 0.1) is 0 Å². The van der Waals surface area contributed by atoms with Crippen LogP contribution in [-0.4, -0.2) is 49.4 Å². The molecule has 0 bridgehead atoms. The average molecular weight is 501 g/mol. The number of rotatable bonds is 6. The lowest BCUT2D eigenvalue weighted by molar-refractivity contribution is 0.369. The van der Waals surface area contributed by atoms with Crippen LogP contribution in [0.3, 0.4) is 0 Å². The van der Waals surface area contributed by atoms with Crippen molar-refractivity contribution in [3.05, 3.63) is 64.8 Å². The third-order valence-electron chi connectivity index (χ3n) is 6.09. The molecule has 0 spiro atoms. The molecule has 0 radical (unpaired) electrons. The van der Waals surface area contributed by atoms with Crippen LogP contribution in [0.2, 0.25) is 5.02 Å². The Balaban J connectivity index is 1.50. The average Bonchev–Trinajstić information content (AvgIpc) is 3.39. The number of hydrogen-bond acceptors (Lipinski definition) is 7. The molecule has 2 aliphatic rings. The standard InChI is InChI=1S/C24H25ClN4O4S/c1-32-18-6-8-19(9-7-18)33-23-21-16-29(34(30,31)20-10-4-17(25)5-11-20)15-12-22(21)26-24(27-23)28-13-2-3-14-28/h4-11H,2-3,12-16H2,1H3. The molecule has 1 fully saturated rings. The highest BCUT2D eigenvalue weighted by Gasteiger charge is 2.32. The number of benzene rings is 2. The minimum atomic E-state index is -3.71. The second-order valence-corrected chi connectivity index (χ2v) is 10.6. The maximum Gasteiger partial charge on any atom is 0.243 e. The summed E-state index contributed by atoms with van der Waals surface area (Å²) in [5, 5.41) is 0.487. The maximum absolute atomic E-state index is 13.3. The third-order valence-corrected chi connectivity index (χ3v) is 8.20. The summed E-state index contributed by atoms with van der Waals surface area (Å²) >= 11 is 5.95. The molecule has 2 aliphatic heterocycles. The largest absolute Gasteiger partial charge is 0.497 e. The van der Waals surface area contributed by atoms with Gasteiger partial charge in [0.25, 0.3) is 0 Å². The summed E-state index contributed by atoms with van der Waals surface area (Å²) < 4.78 is 39.5. The smallest absolute Gasteiger partial charge is 0.243 e. The van der Waals surface area contributed by atoms with E-state index in [1.54, 1.807) is 31.4 Å². The van der Waals surface area contributed by atoms with Crippen LogP contribution in [0.15, 0.2) is 53.4 Å². The summed E-state index contributed by atoms with van der Waals surface area (Å²) in [6, 6.07) is 13.4. The van der Waals surface area contributed by atoms with Crippen molar-refractivity contribution in [1.29, 1.82) is 0 Å². The lowest BCUT2D eigenvalue weighted by atomic mass is 10.1. The van der Waals surface area contributed by atoms with Gasteiger partial charge in [-0.15, -0.1) is 0 Å². The molecule has 5 rings (SSSR count). The Hall–Kier alpha value is -2.88. The topological polar surface area (TPSA) is 84.9 Å². The minimum absolute atomic E-state index is 0.131. The zero-order chi connectivity index (χ0) is 23.7. The van der Waals surface area contributed by atoms with Crippen LogP contribution in [0.5, 0.6) is 17.4 Å². The molecular formula is C24H25ClN4O4S. The number of nitrogens with zero attached hydrogens (tertiary/aromatic N) is 4. The van der Waals surface area contributed by atoms with Gasteiger partial charge in [-0.1, -0.05) is 11.6 Å². The second kappa shape index (κ2) is 9.40. The van der Waals surface area contributed by atoms with Gasteiger partial charge in [-0.3, -0.25) is 0 Å². The Morgan fingerprint density at radius 1 is 0.912 bits per heavy atom. The molecule has 178 valence electrons. The zero-order valence-corrected chi connectivity index (χ0v) is 20.3. The maximum atomic E-state index is 13.3. The molecule has 1 saturated heterocycles. The van der Waals surface area contributed by atoms with E-state index in [0.29, 0.717) is 41.1 Å². The van der Waals surface area contributed by atoms with Crippen molar-refractivity contribution in [3.8, 4) is 17.4 Å². The van der Waals surface area contributed by atoms with Crippen molar-refractivity contribution in [1.82, 2.24) is 14.3 Å². The fourth-order valence-corrected chi connectivity index (χ4v) is 5.74. The fourth-order valence-electron chi connectivity index (χ4n) is 4.21. The predicted molar refractivity (Wildman–Crippen MR) is 129 cm³/mol. The van der Waals surface area contributed by atoms with E-state index in [4.69, 9.17) is 31.0 Å². The van der Waals surface area contributed by atoms with Crippen molar-refractivity contribution < 1.29 is 17.9 Å². The van der Waals surface area contributed by atoms with E-state index in [9.17, 15) is 8.42 Å². The number of anilines is 1. The van der Waals surface area contributed by atoms with Gasteiger partial charge in [0.05, 0.1) is 23.3 Å². The molecule has 10 heteroatoms. The molecule has 0 unspecified atom stereocenters. The lowest BCUT2D eigenvalue weighted by Gasteiger charge is -2.29. The molecular weight excluding hydrogens is 476 g/mol. The van der Waals surface area contributed by atoms with Gasteiger partial charge in [0.15, 0.2) is 0 Å². The highest BCUT2D eigenvalue weighted by Crippen LogP contribution is 2.34. The Kier molecular flexibility index (Phi) is 6.33. The molecule has 2 aromatic carbocycles. The van der Waals surface area contributed by atoms with Gasteiger partial charge >= 0.3 is 0 Å². The van der Waals surface area contributed by atoms with Crippen LogP contribution in [0.25, 0.3) is 0 Å². The number of aromatic nitrogens is 2. The van der Waals surface area contributed by atoms with E-state index >= 15 is 0 Å². The molecule has 0 saturated carbocycles.